The summed E-state index contributed by atoms with van der Waals surface area (Å²) in [5.41, 5.74) is 5.33. The molecule has 1 atom stereocenters. The van der Waals surface area contributed by atoms with Crippen LogP contribution in [-0.2, 0) is 0 Å². The predicted molar refractivity (Wildman–Crippen MR) is 89.0 cm³/mol. The van der Waals surface area contributed by atoms with E-state index in [-0.39, 0.29) is 6.04 Å². The third-order valence-electron chi connectivity index (χ3n) is 3.88. The van der Waals surface area contributed by atoms with Crippen molar-refractivity contribution in [3.05, 3.63) is 64.7 Å². The van der Waals surface area contributed by atoms with Gasteiger partial charge in [0.25, 0.3) is 0 Å². The standard InChI is InChI=1S/C19H25NO/c1-5-13-20-19(16-9-11-17(21-4)12-10-16)18-14(2)7-6-8-15(18)3/h6-12,19-20H,5,13H2,1-4H3. The number of benzene rings is 2. The Morgan fingerprint density at radius 3 is 2.14 bits per heavy atom. The first kappa shape index (κ1) is 15.6. The predicted octanol–water partition coefficient (Wildman–Crippen LogP) is 4.40. The highest BCUT2D eigenvalue weighted by Crippen LogP contribution is 2.29. The van der Waals surface area contributed by atoms with Crippen LogP contribution < -0.4 is 10.1 Å². The monoisotopic (exact) mass is 283 g/mol. The van der Waals surface area contributed by atoms with Crippen molar-refractivity contribution in [1.29, 1.82) is 0 Å². The molecule has 2 rings (SSSR count). The molecule has 0 aliphatic heterocycles. The first-order valence-electron chi connectivity index (χ1n) is 7.60. The number of rotatable bonds is 6. The minimum absolute atomic E-state index is 0.233. The Bertz CT molecular complexity index is 554. The van der Waals surface area contributed by atoms with E-state index in [0.29, 0.717) is 0 Å². The van der Waals surface area contributed by atoms with Crippen LogP contribution in [0.4, 0.5) is 0 Å². The van der Waals surface area contributed by atoms with Crippen LogP contribution in [0.5, 0.6) is 5.75 Å². The van der Waals surface area contributed by atoms with Crippen molar-refractivity contribution in [2.45, 2.75) is 33.2 Å². The van der Waals surface area contributed by atoms with Gasteiger partial charge < -0.3 is 10.1 Å². The van der Waals surface area contributed by atoms with E-state index in [1.54, 1.807) is 7.11 Å². The van der Waals surface area contributed by atoms with Gasteiger partial charge in [0.05, 0.1) is 13.2 Å². The van der Waals surface area contributed by atoms with Crippen LogP contribution in [0.15, 0.2) is 42.5 Å². The van der Waals surface area contributed by atoms with E-state index in [4.69, 9.17) is 4.74 Å². The van der Waals surface area contributed by atoms with Crippen molar-refractivity contribution in [2.24, 2.45) is 0 Å². The van der Waals surface area contributed by atoms with E-state index < -0.39 is 0 Å². The summed E-state index contributed by atoms with van der Waals surface area (Å²) < 4.78 is 5.26. The van der Waals surface area contributed by atoms with Gasteiger partial charge >= 0.3 is 0 Å². The highest BCUT2D eigenvalue weighted by atomic mass is 16.5. The molecule has 2 aromatic carbocycles. The number of methoxy groups -OCH3 is 1. The van der Waals surface area contributed by atoms with Gasteiger partial charge in [-0.3, -0.25) is 0 Å². The minimum atomic E-state index is 0.233. The molecule has 21 heavy (non-hydrogen) atoms. The van der Waals surface area contributed by atoms with Crippen LogP contribution in [0, 0.1) is 13.8 Å². The Morgan fingerprint density at radius 2 is 1.62 bits per heavy atom. The largest absolute Gasteiger partial charge is 0.497 e. The molecule has 0 aliphatic carbocycles. The van der Waals surface area contributed by atoms with Crippen LogP contribution in [0.25, 0.3) is 0 Å². The maximum absolute atomic E-state index is 5.26. The maximum Gasteiger partial charge on any atom is 0.118 e. The lowest BCUT2D eigenvalue weighted by atomic mass is 9.91. The molecule has 0 fully saturated rings. The van der Waals surface area contributed by atoms with E-state index in [0.717, 1.165) is 18.7 Å². The lowest BCUT2D eigenvalue weighted by Gasteiger charge is -2.23. The fourth-order valence-corrected chi connectivity index (χ4v) is 2.75. The minimum Gasteiger partial charge on any atom is -0.497 e. The van der Waals surface area contributed by atoms with Gasteiger partial charge in [0.2, 0.25) is 0 Å². The van der Waals surface area contributed by atoms with E-state index in [1.165, 1.54) is 22.3 Å². The zero-order valence-corrected chi connectivity index (χ0v) is 13.4. The first-order chi connectivity index (χ1) is 10.2. The molecule has 1 N–H and O–H groups in total. The Morgan fingerprint density at radius 1 is 1.00 bits per heavy atom. The van der Waals surface area contributed by atoms with E-state index in [2.05, 4.69) is 56.4 Å². The topological polar surface area (TPSA) is 21.3 Å². The van der Waals surface area contributed by atoms with Gasteiger partial charge in [-0.05, 0) is 61.2 Å². The summed E-state index contributed by atoms with van der Waals surface area (Å²) in [6, 6.07) is 15.1. The highest BCUT2D eigenvalue weighted by Gasteiger charge is 2.17. The average molecular weight is 283 g/mol. The molecular weight excluding hydrogens is 258 g/mol. The van der Waals surface area contributed by atoms with Crippen LogP contribution in [-0.4, -0.2) is 13.7 Å². The third kappa shape index (κ3) is 3.64. The number of hydrogen-bond acceptors (Lipinski definition) is 2. The maximum atomic E-state index is 5.26. The Hall–Kier alpha value is -1.80. The second-order valence-corrected chi connectivity index (χ2v) is 5.47. The van der Waals surface area contributed by atoms with Crippen molar-refractivity contribution >= 4 is 0 Å². The van der Waals surface area contributed by atoms with E-state index in [1.807, 2.05) is 12.1 Å². The van der Waals surface area contributed by atoms with Gasteiger partial charge in [-0.15, -0.1) is 0 Å². The molecule has 0 saturated carbocycles. The van der Waals surface area contributed by atoms with Gasteiger partial charge in [0, 0.05) is 0 Å². The lowest BCUT2D eigenvalue weighted by Crippen LogP contribution is -2.24. The summed E-state index contributed by atoms with van der Waals surface area (Å²) in [4.78, 5) is 0. The fourth-order valence-electron chi connectivity index (χ4n) is 2.75. The second-order valence-electron chi connectivity index (χ2n) is 5.47. The average Bonchev–Trinajstić information content (AvgIpc) is 2.50. The quantitative estimate of drug-likeness (QED) is 0.848. The van der Waals surface area contributed by atoms with E-state index in [9.17, 15) is 0 Å². The SMILES string of the molecule is CCCNC(c1ccc(OC)cc1)c1c(C)cccc1C. The summed E-state index contributed by atoms with van der Waals surface area (Å²) in [6.07, 6.45) is 1.12. The molecule has 112 valence electrons. The third-order valence-corrected chi connectivity index (χ3v) is 3.88. The van der Waals surface area contributed by atoms with Crippen molar-refractivity contribution < 1.29 is 4.74 Å². The zero-order valence-electron chi connectivity index (χ0n) is 13.4. The zero-order chi connectivity index (χ0) is 15.2. The molecule has 0 aromatic heterocycles. The fraction of sp³-hybridized carbons (Fsp3) is 0.368. The number of aryl methyl sites for hydroxylation is 2. The molecule has 0 saturated heterocycles. The molecule has 0 aliphatic rings. The number of nitrogens with one attached hydrogen (secondary N) is 1. The van der Waals surface area contributed by atoms with Crippen molar-refractivity contribution in [1.82, 2.24) is 5.32 Å². The van der Waals surface area contributed by atoms with Gasteiger partial charge in [-0.25, -0.2) is 0 Å². The van der Waals surface area contributed by atoms with E-state index >= 15 is 0 Å². The molecule has 0 spiro atoms. The van der Waals surface area contributed by atoms with Gasteiger partial charge in [-0.1, -0.05) is 37.3 Å². The van der Waals surface area contributed by atoms with Crippen molar-refractivity contribution in [2.75, 3.05) is 13.7 Å². The van der Waals surface area contributed by atoms with Gasteiger partial charge in [0.15, 0.2) is 0 Å². The Labute approximate surface area is 128 Å². The van der Waals surface area contributed by atoms with Crippen LogP contribution in [0.2, 0.25) is 0 Å². The van der Waals surface area contributed by atoms with Crippen molar-refractivity contribution in [3.63, 3.8) is 0 Å². The number of ether oxygens (including phenoxy) is 1. The lowest BCUT2D eigenvalue weighted by molar-refractivity contribution is 0.414. The molecule has 0 amide bonds. The summed E-state index contributed by atoms with van der Waals surface area (Å²) >= 11 is 0. The van der Waals surface area contributed by atoms with Crippen LogP contribution in [0.1, 0.15) is 41.6 Å². The molecule has 2 aromatic rings. The summed E-state index contributed by atoms with van der Waals surface area (Å²) in [6.45, 7) is 7.58. The summed E-state index contributed by atoms with van der Waals surface area (Å²) in [5.74, 6) is 0.898. The normalized spacial score (nSPS) is 12.2. The summed E-state index contributed by atoms with van der Waals surface area (Å²) in [5, 5.41) is 3.68. The van der Waals surface area contributed by atoms with Crippen LogP contribution in [0.3, 0.4) is 0 Å². The number of hydrogen-bond donors (Lipinski definition) is 1. The summed E-state index contributed by atoms with van der Waals surface area (Å²) in [7, 11) is 1.70. The highest BCUT2D eigenvalue weighted by molar-refractivity contribution is 5.43. The molecule has 1 unspecified atom stereocenters. The van der Waals surface area contributed by atoms with Gasteiger partial charge in [0.1, 0.15) is 5.75 Å². The molecule has 2 heteroatoms. The van der Waals surface area contributed by atoms with Gasteiger partial charge in [-0.2, -0.15) is 0 Å². The first-order valence-corrected chi connectivity index (χ1v) is 7.60. The molecule has 0 heterocycles. The molecule has 2 nitrogen and oxygen atoms in total. The smallest absolute Gasteiger partial charge is 0.118 e. The Kier molecular flexibility index (Phi) is 5.40. The molecule has 0 bridgehead atoms. The Balaban J connectivity index is 2.41. The van der Waals surface area contributed by atoms with Crippen LogP contribution >= 0.6 is 0 Å². The van der Waals surface area contributed by atoms with Crippen molar-refractivity contribution in [3.8, 4) is 5.75 Å². The molecular formula is C19H25NO. The molecule has 0 radical (unpaired) electrons. The second kappa shape index (κ2) is 7.28.